The Morgan fingerprint density at radius 2 is 1.82 bits per heavy atom. The van der Waals surface area contributed by atoms with Gasteiger partial charge < -0.3 is 9.52 Å². The molecule has 2 rings (SSSR count). The van der Waals surface area contributed by atoms with Crippen LogP contribution in [0.4, 0.5) is 8.78 Å². The molecule has 2 nitrogen and oxygen atoms in total. The normalized spacial score (nSPS) is 12.7. The van der Waals surface area contributed by atoms with Crippen LogP contribution in [-0.2, 0) is 6.42 Å². The van der Waals surface area contributed by atoms with Gasteiger partial charge in [-0.15, -0.1) is 0 Å². The summed E-state index contributed by atoms with van der Waals surface area (Å²) in [5.74, 6) is -1.08. The number of furan rings is 1. The van der Waals surface area contributed by atoms with Crippen LogP contribution in [0.1, 0.15) is 17.4 Å². The Morgan fingerprint density at radius 3 is 2.35 bits per heavy atom. The Kier molecular flexibility index (Phi) is 3.59. The maximum Gasteiger partial charge on any atom is 0.169 e. The summed E-state index contributed by atoms with van der Waals surface area (Å²) in [5, 5.41) is 9.79. The lowest BCUT2D eigenvalue weighted by atomic mass is 10.1. The molecule has 0 radical (unpaired) electrons. The number of halogens is 3. The minimum atomic E-state index is -1.08. The third-order valence-electron chi connectivity index (χ3n) is 2.38. The summed E-state index contributed by atoms with van der Waals surface area (Å²) in [5.41, 5.74) is -0.146. The van der Waals surface area contributed by atoms with Crippen molar-refractivity contribution in [2.75, 3.05) is 0 Å². The van der Waals surface area contributed by atoms with E-state index in [1.54, 1.807) is 12.1 Å². The quantitative estimate of drug-likeness (QED) is 0.940. The molecule has 1 aromatic heterocycles. The van der Waals surface area contributed by atoms with Gasteiger partial charge in [0.1, 0.15) is 23.5 Å². The molecule has 0 bridgehead atoms. The smallest absolute Gasteiger partial charge is 0.169 e. The molecule has 0 aliphatic rings. The fraction of sp³-hybridized carbons (Fsp3) is 0.167. The van der Waals surface area contributed by atoms with Crippen LogP contribution < -0.4 is 0 Å². The second-order valence-electron chi connectivity index (χ2n) is 3.56. The van der Waals surface area contributed by atoms with Crippen molar-refractivity contribution in [2.24, 2.45) is 0 Å². The van der Waals surface area contributed by atoms with Gasteiger partial charge in [-0.1, -0.05) is 6.07 Å². The van der Waals surface area contributed by atoms with Crippen molar-refractivity contribution in [2.45, 2.75) is 12.5 Å². The molecule has 2 aromatic rings. The number of aliphatic hydroxyl groups excluding tert-OH is 1. The molecule has 0 spiro atoms. The second-order valence-corrected chi connectivity index (χ2v) is 4.34. The van der Waals surface area contributed by atoms with Gasteiger partial charge in [-0.3, -0.25) is 0 Å². The minimum Gasteiger partial charge on any atom is -0.452 e. The Balaban J connectivity index is 2.21. The summed E-state index contributed by atoms with van der Waals surface area (Å²) in [6, 6.07) is 6.75. The number of rotatable bonds is 3. The second kappa shape index (κ2) is 4.98. The highest BCUT2D eigenvalue weighted by Crippen LogP contribution is 2.25. The van der Waals surface area contributed by atoms with Crippen LogP contribution in [0.3, 0.4) is 0 Å². The first-order valence-electron chi connectivity index (χ1n) is 4.94. The van der Waals surface area contributed by atoms with Gasteiger partial charge in [-0.2, -0.15) is 0 Å². The zero-order chi connectivity index (χ0) is 12.4. The Bertz CT molecular complexity index is 505. The fourth-order valence-electron chi connectivity index (χ4n) is 1.53. The molecule has 0 amide bonds. The zero-order valence-corrected chi connectivity index (χ0v) is 10.2. The summed E-state index contributed by atoms with van der Waals surface area (Å²) >= 11 is 3.09. The van der Waals surface area contributed by atoms with E-state index in [1.807, 2.05) is 0 Å². The fourth-order valence-corrected chi connectivity index (χ4v) is 1.85. The molecule has 1 aromatic carbocycles. The number of benzene rings is 1. The van der Waals surface area contributed by atoms with Crippen LogP contribution in [-0.4, -0.2) is 5.11 Å². The van der Waals surface area contributed by atoms with Gasteiger partial charge in [0.15, 0.2) is 4.67 Å². The van der Waals surface area contributed by atoms with E-state index in [2.05, 4.69) is 15.9 Å². The van der Waals surface area contributed by atoms with Gasteiger partial charge in [0.25, 0.3) is 0 Å². The van der Waals surface area contributed by atoms with Crippen molar-refractivity contribution >= 4 is 15.9 Å². The Morgan fingerprint density at radius 1 is 1.18 bits per heavy atom. The van der Waals surface area contributed by atoms with Crippen LogP contribution in [0.15, 0.2) is 39.4 Å². The van der Waals surface area contributed by atoms with Gasteiger partial charge in [-0.05, 0) is 40.2 Å². The van der Waals surface area contributed by atoms with Gasteiger partial charge in [-0.25, -0.2) is 8.78 Å². The van der Waals surface area contributed by atoms with E-state index in [0.717, 1.165) is 12.1 Å². The highest BCUT2D eigenvalue weighted by molar-refractivity contribution is 9.10. The molecule has 0 fully saturated rings. The summed E-state index contributed by atoms with van der Waals surface area (Å²) in [7, 11) is 0. The molecule has 0 aliphatic carbocycles. The summed E-state index contributed by atoms with van der Waals surface area (Å²) in [6.07, 6.45) is -1.24. The van der Waals surface area contributed by atoms with Crippen molar-refractivity contribution in [1.29, 1.82) is 0 Å². The molecule has 5 heteroatoms. The molecule has 0 aliphatic heterocycles. The van der Waals surface area contributed by atoms with E-state index in [-0.39, 0.29) is 17.7 Å². The van der Waals surface area contributed by atoms with Crippen molar-refractivity contribution < 1.29 is 18.3 Å². The minimum absolute atomic E-state index is 0.146. The lowest BCUT2D eigenvalue weighted by molar-refractivity contribution is 0.146. The summed E-state index contributed by atoms with van der Waals surface area (Å²) < 4.78 is 32.3. The lowest BCUT2D eigenvalue weighted by Gasteiger charge is -2.09. The first-order valence-corrected chi connectivity index (χ1v) is 5.73. The van der Waals surface area contributed by atoms with Crippen LogP contribution in [0.5, 0.6) is 0 Å². The average Bonchev–Trinajstić information content (AvgIpc) is 2.70. The van der Waals surface area contributed by atoms with Crippen LogP contribution in [0.25, 0.3) is 0 Å². The van der Waals surface area contributed by atoms with Crippen LogP contribution in [0, 0.1) is 11.6 Å². The third-order valence-corrected chi connectivity index (χ3v) is 2.81. The molecule has 1 atom stereocenters. The molecule has 17 heavy (non-hydrogen) atoms. The summed E-state index contributed by atoms with van der Waals surface area (Å²) in [6.45, 7) is 0. The average molecular weight is 303 g/mol. The van der Waals surface area contributed by atoms with Crippen LogP contribution in [0.2, 0.25) is 0 Å². The number of hydrogen-bond acceptors (Lipinski definition) is 2. The number of hydrogen-bond donors (Lipinski definition) is 1. The van der Waals surface area contributed by atoms with E-state index in [1.165, 1.54) is 6.07 Å². The van der Waals surface area contributed by atoms with E-state index in [0.29, 0.717) is 4.67 Å². The molecule has 1 heterocycles. The van der Waals surface area contributed by atoms with Crippen LogP contribution >= 0.6 is 15.9 Å². The SMILES string of the molecule is OC(Cc1c(F)cccc1F)c1ccc(Br)o1. The van der Waals surface area contributed by atoms with Gasteiger partial charge in [0.2, 0.25) is 0 Å². The maximum atomic E-state index is 13.3. The predicted octanol–water partition coefficient (Wildman–Crippen LogP) is 3.60. The van der Waals surface area contributed by atoms with Gasteiger partial charge >= 0.3 is 0 Å². The van der Waals surface area contributed by atoms with E-state index < -0.39 is 17.7 Å². The predicted molar refractivity (Wildman–Crippen MR) is 61.4 cm³/mol. The van der Waals surface area contributed by atoms with E-state index >= 15 is 0 Å². The Hall–Kier alpha value is -1.20. The topological polar surface area (TPSA) is 33.4 Å². The van der Waals surface area contributed by atoms with Gasteiger partial charge in [0, 0.05) is 12.0 Å². The molecule has 1 unspecified atom stereocenters. The largest absolute Gasteiger partial charge is 0.452 e. The molecule has 90 valence electrons. The first-order chi connectivity index (χ1) is 8.08. The maximum absolute atomic E-state index is 13.3. The monoisotopic (exact) mass is 302 g/mol. The highest BCUT2D eigenvalue weighted by Gasteiger charge is 2.17. The number of aliphatic hydroxyl groups is 1. The Labute approximate surface area is 105 Å². The molecular formula is C12H9BrF2O2. The van der Waals surface area contributed by atoms with Crippen molar-refractivity contribution in [3.63, 3.8) is 0 Å². The molecule has 0 saturated heterocycles. The van der Waals surface area contributed by atoms with Gasteiger partial charge in [0.05, 0.1) is 0 Å². The van der Waals surface area contributed by atoms with Crippen molar-refractivity contribution in [3.05, 3.63) is 58.0 Å². The summed E-state index contributed by atoms with van der Waals surface area (Å²) in [4.78, 5) is 0. The standard InChI is InChI=1S/C12H9BrF2O2/c13-12-5-4-11(17-12)10(16)6-7-8(14)2-1-3-9(7)15/h1-5,10,16H,6H2. The molecule has 0 saturated carbocycles. The van der Waals surface area contributed by atoms with E-state index in [9.17, 15) is 13.9 Å². The third kappa shape index (κ3) is 2.73. The molecular weight excluding hydrogens is 294 g/mol. The van der Waals surface area contributed by atoms with Crippen molar-refractivity contribution in [1.82, 2.24) is 0 Å². The zero-order valence-electron chi connectivity index (χ0n) is 8.66. The lowest BCUT2D eigenvalue weighted by Crippen LogP contribution is -2.04. The molecule has 1 N–H and O–H groups in total. The highest BCUT2D eigenvalue weighted by atomic mass is 79.9. The van der Waals surface area contributed by atoms with E-state index in [4.69, 9.17) is 4.42 Å². The first kappa shape index (κ1) is 12.3. The van der Waals surface area contributed by atoms with Crippen molar-refractivity contribution in [3.8, 4) is 0 Å².